The minimum atomic E-state index is 0.735. The zero-order valence-corrected chi connectivity index (χ0v) is 10.8. The van der Waals surface area contributed by atoms with Gasteiger partial charge in [0.05, 0.1) is 0 Å². The summed E-state index contributed by atoms with van der Waals surface area (Å²) in [6, 6.07) is 7.69. The fourth-order valence-corrected chi connectivity index (χ4v) is 1.86. The summed E-state index contributed by atoms with van der Waals surface area (Å²) in [6.07, 6.45) is 2.13. The van der Waals surface area contributed by atoms with E-state index in [9.17, 15) is 0 Å². The van der Waals surface area contributed by atoms with E-state index in [2.05, 4.69) is 25.2 Å². The highest BCUT2D eigenvalue weighted by Crippen LogP contribution is 2.26. The first-order valence-corrected chi connectivity index (χ1v) is 6.15. The number of furan rings is 1. The Bertz CT molecular complexity index is 542. The molecule has 2 nitrogen and oxygen atoms in total. The highest BCUT2D eigenvalue weighted by molar-refractivity contribution is 6.31. The van der Waals surface area contributed by atoms with Gasteiger partial charge in [0.2, 0.25) is 0 Å². The van der Waals surface area contributed by atoms with E-state index >= 15 is 0 Å². The number of nitrogens with one attached hydrogen (secondary N) is 1. The SMILES string of the molecule is CCNC/C=C(\C)c1cc2cc(Cl)ccc2o1. The standard InChI is InChI=1S/C14H16ClNO/c1-3-16-7-6-10(2)14-9-11-8-12(15)4-5-13(11)17-14/h4-6,8-9,16H,3,7H2,1-2H3/b10-6+. The number of hydrogen-bond donors (Lipinski definition) is 1. The van der Waals surface area contributed by atoms with Crippen LogP contribution in [0, 0.1) is 0 Å². The highest BCUT2D eigenvalue weighted by Gasteiger charge is 2.05. The maximum Gasteiger partial charge on any atom is 0.134 e. The monoisotopic (exact) mass is 249 g/mol. The van der Waals surface area contributed by atoms with Crippen molar-refractivity contribution >= 4 is 28.1 Å². The minimum absolute atomic E-state index is 0.735. The molecule has 1 aromatic carbocycles. The molecule has 2 rings (SSSR count). The van der Waals surface area contributed by atoms with Gasteiger partial charge in [-0.3, -0.25) is 0 Å². The van der Waals surface area contributed by atoms with Crippen molar-refractivity contribution in [3.8, 4) is 0 Å². The van der Waals surface area contributed by atoms with Crippen molar-refractivity contribution in [1.82, 2.24) is 5.32 Å². The molecular weight excluding hydrogens is 234 g/mol. The first-order valence-electron chi connectivity index (χ1n) is 5.77. The zero-order chi connectivity index (χ0) is 12.3. The molecule has 0 aliphatic rings. The third kappa shape index (κ3) is 2.90. The lowest BCUT2D eigenvalue weighted by Crippen LogP contribution is -2.11. The molecule has 0 radical (unpaired) electrons. The van der Waals surface area contributed by atoms with Gasteiger partial charge in [-0.05, 0) is 43.3 Å². The molecule has 2 aromatic rings. The molecule has 0 fully saturated rings. The van der Waals surface area contributed by atoms with Gasteiger partial charge in [0.15, 0.2) is 0 Å². The van der Waals surface area contributed by atoms with Crippen LogP contribution in [0.5, 0.6) is 0 Å². The van der Waals surface area contributed by atoms with Crippen molar-refractivity contribution in [3.63, 3.8) is 0 Å². The third-order valence-electron chi connectivity index (χ3n) is 2.67. The number of hydrogen-bond acceptors (Lipinski definition) is 2. The topological polar surface area (TPSA) is 25.2 Å². The lowest BCUT2D eigenvalue weighted by molar-refractivity contribution is 0.599. The number of likely N-dealkylation sites (N-methyl/N-ethyl adjacent to an activating group) is 1. The van der Waals surface area contributed by atoms with Crippen LogP contribution in [-0.4, -0.2) is 13.1 Å². The summed E-state index contributed by atoms with van der Waals surface area (Å²) in [5, 5.41) is 5.03. The molecule has 3 heteroatoms. The molecule has 1 aromatic heterocycles. The number of benzene rings is 1. The van der Waals surface area contributed by atoms with Crippen LogP contribution >= 0.6 is 11.6 Å². The lowest BCUT2D eigenvalue weighted by Gasteiger charge is -1.97. The molecule has 1 heterocycles. The Morgan fingerprint density at radius 2 is 2.24 bits per heavy atom. The van der Waals surface area contributed by atoms with E-state index in [-0.39, 0.29) is 0 Å². The maximum atomic E-state index is 5.94. The Morgan fingerprint density at radius 3 is 3.00 bits per heavy atom. The van der Waals surface area contributed by atoms with Crippen molar-refractivity contribution < 1.29 is 4.42 Å². The number of fused-ring (bicyclic) bond motifs is 1. The first-order chi connectivity index (χ1) is 8.20. The van der Waals surface area contributed by atoms with Crippen LogP contribution in [0.1, 0.15) is 19.6 Å². The molecule has 0 aliphatic carbocycles. The van der Waals surface area contributed by atoms with Crippen molar-refractivity contribution in [1.29, 1.82) is 0 Å². The van der Waals surface area contributed by atoms with Gasteiger partial charge in [0, 0.05) is 17.0 Å². The van der Waals surface area contributed by atoms with E-state index in [1.54, 1.807) is 0 Å². The average molecular weight is 250 g/mol. The first kappa shape index (κ1) is 12.2. The van der Waals surface area contributed by atoms with Gasteiger partial charge in [-0.25, -0.2) is 0 Å². The Morgan fingerprint density at radius 1 is 1.41 bits per heavy atom. The van der Waals surface area contributed by atoms with Crippen LogP contribution in [0.15, 0.2) is 34.8 Å². The van der Waals surface area contributed by atoms with Gasteiger partial charge in [-0.15, -0.1) is 0 Å². The van der Waals surface area contributed by atoms with Gasteiger partial charge in [0.25, 0.3) is 0 Å². The van der Waals surface area contributed by atoms with Crippen LogP contribution < -0.4 is 5.32 Å². The normalized spacial score (nSPS) is 12.3. The van der Waals surface area contributed by atoms with E-state index in [0.717, 1.165) is 40.4 Å². The van der Waals surface area contributed by atoms with Gasteiger partial charge < -0.3 is 9.73 Å². The van der Waals surface area contributed by atoms with Gasteiger partial charge in [0.1, 0.15) is 11.3 Å². The predicted molar refractivity (Wildman–Crippen MR) is 73.4 cm³/mol. The summed E-state index contributed by atoms with van der Waals surface area (Å²) in [5.74, 6) is 0.903. The molecule has 0 bridgehead atoms. The molecule has 0 spiro atoms. The van der Waals surface area contributed by atoms with Crippen molar-refractivity contribution in [2.24, 2.45) is 0 Å². The molecule has 0 aliphatic heterocycles. The van der Waals surface area contributed by atoms with E-state index < -0.39 is 0 Å². The van der Waals surface area contributed by atoms with Crippen LogP contribution in [0.4, 0.5) is 0 Å². The molecule has 0 saturated heterocycles. The van der Waals surface area contributed by atoms with Gasteiger partial charge >= 0.3 is 0 Å². The van der Waals surface area contributed by atoms with E-state index in [1.165, 1.54) is 0 Å². The van der Waals surface area contributed by atoms with E-state index in [0.29, 0.717) is 0 Å². The molecule has 0 saturated carbocycles. The summed E-state index contributed by atoms with van der Waals surface area (Å²) in [4.78, 5) is 0. The summed E-state index contributed by atoms with van der Waals surface area (Å²) >= 11 is 5.94. The lowest BCUT2D eigenvalue weighted by atomic mass is 10.2. The average Bonchev–Trinajstić information content (AvgIpc) is 2.72. The van der Waals surface area contributed by atoms with Crippen LogP contribution in [0.3, 0.4) is 0 Å². The van der Waals surface area contributed by atoms with Crippen molar-refractivity contribution in [3.05, 3.63) is 41.1 Å². The zero-order valence-electron chi connectivity index (χ0n) is 10.1. The fraction of sp³-hybridized carbons (Fsp3) is 0.286. The second kappa shape index (κ2) is 5.39. The summed E-state index contributed by atoms with van der Waals surface area (Å²) < 4.78 is 5.76. The Hall–Kier alpha value is -1.25. The molecular formula is C14H16ClNO. The molecule has 17 heavy (non-hydrogen) atoms. The summed E-state index contributed by atoms with van der Waals surface area (Å²) in [6.45, 7) is 5.97. The molecule has 0 atom stereocenters. The van der Waals surface area contributed by atoms with Crippen LogP contribution in [0.25, 0.3) is 16.5 Å². The predicted octanol–water partition coefficient (Wildman–Crippen LogP) is 4.10. The largest absolute Gasteiger partial charge is 0.456 e. The Labute approximate surface area is 106 Å². The number of halogens is 1. The van der Waals surface area contributed by atoms with Crippen molar-refractivity contribution in [2.75, 3.05) is 13.1 Å². The van der Waals surface area contributed by atoms with Crippen LogP contribution in [0.2, 0.25) is 5.02 Å². The molecule has 0 unspecified atom stereocenters. The smallest absolute Gasteiger partial charge is 0.134 e. The highest BCUT2D eigenvalue weighted by atomic mass is 35.5. The number of allylic oxidation sites excluding steroid dienone is 1. The molecule has 0 amide bonds. The Balaban J connectivity index is 2.26. The molecule has 1 N–H and O–H groups in total. The Kier molecular flexibility index (Phi) is 3.87. The second-order valence-electron chi connectivity index (χ2n) is 3.99. The second-order valence-corrected chi connectivity index (χ2v) is 4.42. The van der Waals surface area contributed by atoms with Crippen LogP contribution in [-0.2, 0) is 0 Å². The summed E-state index contributed by atoms with van der Waals surface area (Å²) in [7, 11) is 0. The van der Waals surface area contributed by atoms with Crippen molar-refractivity contribution in [2.45, 2.75) is 13.8 Å². The summed E-state index contributed by atoms with van der Waals surface area (Å²) in [5.41, 5.74) is 2.01. The number of rotatable bonds is 4. The van der Waals surface area contributed by atoms with Gasteiger partial charge in [-0.2, -0.15) is 0 Å². The minimum Gasteiger partial charge on any atom is -0.456 e. The third-order valence-corrected chi connectivity index (χ3v) is 2.90. The van der Waals surface area contributed by atoms with Gasteiger partial charge in [-0.1, -0.05) is 24.6 Å². The maximum absolute atomic E-state index is 5.94. The van der Waals surface area contributed by atoms with E-state index in [4.69, 9.17) is 16.0 Å². The van der Waals surface area contributed by atoms with E-state index in [1.807, 2.05) is 24.3 Å². The molecule has 90 valence electrons. The quantitative estimate of drug-likeness (QED) is 0.826. The fourth-order valence-electron chi connectivity index (χ4n) is 1.68.